The second kappa shape index (κ2) is 4.84. The molecule has 1 amide bonds. The Morgan fingerprint density at radius 3 is 2.94 bits per heavy atom. The molecule has 1 heterocycles. The number of anilines is 1. The van der Waals surface area contributed by atoms with Crippen LogP contribution in [0.4, 0.5) is 5.13 Å². The SMILES string of the molecule is CCC(C)c1ccc2nc(NC(C)=O)sc2c1. The lowest BCUT2D eigenvalue weighted by molar-refractivity contribution is -0.114. The predicted molar refractivity (Wildman–Crippen MR) is 72.6 cm³/mol. The zero-order chi connectivity index (χ0) is 12.4. The summed E-state index contributed by atoms with van der Waals surface area (Å²) < 4.78 is 1.13. The second-order valence-corrected chi connectivity index (χ2v) is 5.27. The Hall–Kier alpha value is -1.42. The summed E-state index contributed by atoms with van der Waals surface area (Å²) in [6, 6.07) is 6.32. The monoisotopic (exact) mass is 248 g/mol. The molecule has 90 valence electrons. The van der Waals surface area contributed by atoms with Crippen molar-refractivity contribution in [2.45, 2.75) is 33.1 Å². The van der Waals surface area contributed by atoms with Gasteiger partial charge in [0.1, 0.15) is 0 Å². The van der Waals surface area contributed by atoms with Crippen LogP contribution in [0.2, 0.25) is 0 Å². The minimum atomic E-state index is -0.0776. The quantitative estimate of drug-likeness (QED) is 0.898. The molecule has 0 aliphatic rings. The number of benzene rings is 1. The summed E-state index contributed by atoms with van der Waals surface area (Å²) in [7, 11) is 0. The lowest BCUT2D eigenvalue weighted by Crippen LogP contribution is -2.04. The van der Waals surface area contributed by atoms with Crippen molar-refractivity contribution in [3.63, 3.8) is 0 Å². The van der Waals surface area contributed by atoms with Gasteiger partial charge in [-0.3, -0.25) is 4.79 Å². The number of carbonyl (C=O) groups is 1. The van der Waals surface area contributed by atoms with Crippen molar-refractivity contribution >= 4 is 32.6 Å². The minimum absolute atomic E-state index is 0.0776. The van der Waals surface area contributed by atoms with Crippen LogP contribution in [0.15, 0.2) is 18.2 Å². The Morgan fingerprint density at radius 2 is 2.29 bits per heavy atom. The molecule has 2 rings (SSSR count). The zero-order valence-electron chi connectivity index (χ0n) is 10.3. The molecular formula is C13H16N2OS. The van der Waals surface area contributed by atoms with Gasteiger partial charge in [0.15, 0.2) is 5.13 Å². The molecule has 1 unspecified atom stereocenters. The normalized spacial score (nSPS) is 12.6. The van der Waals surface area contributed by atoms with Crippen LogP contribution in [-0.4, -0.2) is 10.9 Å². The molecule has 1 atom stereocenters. The third-order valence-corrected chi connectivity index (χ3v) is 3.81. The van der Waals surface area contributed by atoms with Crippen LogP contribution in [-0.2, 0) is 4.79 Å². The molecule has 0 aliphatic carbocycles. The van der Waals surface area contributed by atoms with E-state index in [-0.39, 0.29) is 5.91 Å². The van der Waals surface area contributed by atoms with Crippen LogP contribution in [0, 0.1) is 0 Å². The molecule has 2 aromatic rings. The first-order chi connectivity index (χ1) is 8.10. The lowest BCUT2D eigenvalue weighted by atomic mass is 9.99. The highest BCUT2D eigenvalue weighted by Gasteiger charge is 2.08. The molecule has 3 nitrogen and oxygen atoms in total. The highest BCUT2D eigenvalue weighted by Crippen LogP contribution is 2.29. The molecular weight excluding hydrogens is 232 g/mol. The molecule has 0 fully saturated rings. The highest BCUT2D eigenvalue weighted by atomic mass is 32.1. The topological polar surface area (TPSA) is 42.0 Å². The van der Waals surface area contributed by atoms with Crippen molar-refractivity contribution in [3.8, 4) is 0 Å². The molecule has 1 aromatic heterocycles. The maximum atomic E-state index is 11.0. The van der Waals surface area contributed by atoms with E-state index in [0.717, 1.165) is 16.6 Å². The van der Waals surface area contributed by atoms with E-state index in [1.54, 1.807) is 0 Å². The van der Waals surface area contributed by atoms with Gasteiger partial charge in [-0.15, -0.1) is 0 Å². The van der Waals surface area contributed by atoms with Crippen molar-refractivity contribution < 1.29 is 4.79 Å². The minimum Gasteiger partial charge on any atom is -0.302 e. The van der Waals surface area contributed by atoms with E-state index in [0.29, 0.717) is 11.0 Å². The number of hydrogen-bond donors (Lipinski definition) is 1. The van der Waals surface area contributed by atoms with Crippen molar-refractivity contribution in [1.29, 1.82) is 0 Å². The van der Waals surface area contributed by atoms with Gasteiger partial charge in [0.2, 0.25) is 5.91 Å². The van der Waals surface area contributed by atoms with Crippen LogP contribution >= 0.6 is 11.3 Å². The molecule has 4 heteroatoms. The number of carbonyl (C=O) groups excluding carboxylic acids is 1. The molecule has 0 aliphatic heterocycles. The number of nitrogens with zero attached hydrogens (tertiary/aromatic N) is 1. The van der Waals surface area contributed by atoms with Crippen molar-refractivity contribution in [3.05, 3.63) is 23.8 Å². The standard InChI is InChI=1S/C13H16N2OS/c1-4-8(2)10-5-6-11-12(7-10)17-13(15-11)14-9(3)16/h5-8H,4H2,1-3H3,(H,14,15,16). The largest absolute Gasteiger partial charge is 0.302 e. The van der Waals surface area contributed by atoms with Gasteiger partial charge >= 0.3 is 0 Å². The number of hydrogen-bond acceptors (Lipinski definition) is 3. The number of nitrogens with one attached hydrogen (secondary N) is 1. The number of aromatic nitrogens is 1. The third kappa shape index (κ3) is 2.64. The first-order valence-electron chi connectivity index (χ1n) is 5.78. The maximum absolute atomic E-state index is 11.0. The van der Waals surface area contributed by atoms with Crippen molar-refractivity contribution in [1.82, 2.24) is 4.98 Å². The maximum Gasteiger partial charge on any atom is 0.223 e. The molecule has 0 spiro atoms. The van der Waals surface area contributed by atoms with E-state index in [4.69, 9.17) is 0 Å². The Balaban J connectivity index is 2.37. The summed E-state index contributed by atoms with van der Waals surface area (Å²) >= 11 is 1.52. The van der Waals surface area contributed by atoms with Crippen molar-refractivity contribution in [2.75, 3.05) is 5.32 Å². The zero-order valence-corrected chi connectivity index (χ0v) is 11.1. The van der Waals surface area contributed by atoms with E-state index >= 15 is 0 Å². The van der Waals surface area contributed by atoms with Gasteiger partial charge in [0.25, 0.3) is 0 Å². The Bertz CT molecular complexity index is 547. The lowest BCUT2D eigenvalue weighted by Gasteiger charge is -2.07. The fraction of sp³-hybridized carbons (Fsp3) is 0.385. The van der Waals surface area contributed by atoms with Crippen LogP contribution in [0.25, 0.3) is 10.2 Å². The van der Waals surface area contributed by atoms with E-state index in [1.807, 2.05) is 6.07 Å². The van der Waals surface area contributed by atoms with E-state index in [9.17, 15) is 4.79 Å². The van der Waals surface area contributed by atoms with E-state index in [1.165, 1.54) is 23.8 Å². The van der Waals surface area contributed by atoms with Gasteiger partial charge in [-0.1, -0.05) is 31.3 Å². The summed E-state index contributed by atoms with van der Waals surface area (Å²) in [5.41, 5.74) is 2.28. The van der Waals surface area contributed by atoms with Crippen LogP contribution in [0.3, 0.4) is 0 Å². The van der Waals surface area contributed by atoms with E-state index in [2.05, 4.69) is 36.3 Å². The molecule has 0 saturated carbocycles. The number of amides is 1. The summed E-state index contributed by atoms with van der Waals surface area (Å²) in [5.74, 6) is 0.483. The first-order valence-corrected chi connectivity index (χ1v) is 6.60. The molecule has 1 aromatic carbocycles. The van der Waals surface area contributed by atoms with Crippen molar-refractivity contribution in [2.24, 2.45) is 0 Å². The van der Waals surface area contributed by atoms with Crippen LogP contribution in [0.5, 0.6) is 0 Å². The Labute approximate surface area is 105 Å². The average molecular weight is 248 g/mol. The Kier molecular flexibility index (Phi) is 3.43. The summed E-state index contributed by atoms with van der Waals surface area (Å²) in [6.45, 7) is 5.90. The summed E-state index contributed by atoms with van der Waals surface area (Å²) in [4.78, 5) is 15.3. The summed E-state index contributed by atoms with van der Waals surface area (Å²) in [5, 5.41) is 3.40. The molecule has 0 saturated heterocycles. The van der Waals surface area contributed by atoms with Gasteiger partial charge in [0.05, 0.1) is 10.2 Å². The molecule has 17 heavy (non-hydrogen) atoms. The first kappa shape index (κ1) is 12.0. The molecule has 0 bridgehead atoms. The number of thiazole rings is 1. The second-order valence-electron chi connectivity index (χ2n) is 4.24. The van der Waals surface area contributed by atoms with Gasteiger partial charge in [-0.2, -0.15) is 0 Å². The van der Waals surface area contributed by atoms with Crippen LogP contribution in [0.1, 0.15) is 38.7 Å². The van der Waals surface area contributed by atoms with Gasteiger partial charge in [0, 0.05) is 6.92 Å². The average Bonchev–Trinajstić information content (AvgIpc) is 2.67. The summed E-state index contributed by atoms with van der Waals surface area (Å²) in [6.07, 6.45) is 1.13. The van der Waals surface area contributed by atoms with Gasteiger partial charge in [-0.05, 0) is 30.0 Å². The predicted octanol–water partition coefficient (Wildman–Crippen LogP) is 3.77. The molecule has 1 N–H and O–H groups in total. The van der Waals surface area contributed by atoms with Gasteiger partial charge < -0.3 is 5.32 Å². The van der Waals surface area contributed by atoms with E-state index < -0.39 is 0 Å². The highest BCUT2D eigenvalue weighted by molar-refractivity contribution is 7.22. The molecule has 0 radical (unpaired) electrons. The smallest absolute Gasteiger partial charge is 0.223 e. The Morgan fingerprint density at radius 1 is 1.53 bits per heavy atom. The van der Waals surface area contributed by atoms with Gasteiger partial charge in [-0.25, -0.2) is 4.98 Å². The van der Waals surface area contributed by atoms with Crippen LogP contribution < -0.4 is 5.32 Å². The third-order valence-electron chi connectivity index (χ3n) is 2.88. The number of rotatable bonds is 3. The fourth-order valence-electron chi connectivity index (χ4n) is 1.69. The number of fused-ring (bicyclic) bond motifs is 1. The fourth-order valence-corrected chi connectivity index (χ4v) is 2.65.